The Bertz CT molecular complexity index is 1160. The van der Waals surface area contributed by atoms with Crippen molar-refractivity contribution in [3.63, 3.8) is 0 Å². The standard InChI is InChI=1S/C22H18BrFN4O/c1-2-17(15-8-11-20(23)25-12-15)27-22(29)19-5-3-4-18-21(26-13-28(18)19)14-6-9-16(24)10-7-14/h3-13,17H,2H2,1H3,(H,27,29). The maximum atomic E-state index is 13.2. The molecule has 0 aliphatic carbocycles. The van der Waals surface area contributed by atoms with E-state index in [9.17, 15) is 9.18 Å². The van der Waals surface area contributed by atoms with E-state index >= 15 is 0 Å². The summed E-state index contributed by atoms with van der Waals surface area (Å²) in [6, 6.07) is 15.3. The summed E-state index contributed by atoms with van der Waals surface area (Å²) in [7, 11) is 0. The lowest BCUT2D eigenvalue weighted by atomic mass is 10.1. The normalized spacial score (nSPS) is 12.1. The molecule has 0 aliphatic heterocycles. The Morgan fingerprint density at radius 2 is 1.93 bits per heavy atom. The minimum absolute atomic E-state index is 0.154. The van der Waals surface area contributed by atoms with Crippen LogP contribution < -0.4 is 5.32 Å². The van der Waals surface area contributed by atoms with Gasteiger partial charge in [-0.1, -0.05) is 19.1 Å². The molecule has 146 valence electrons. The molecule has 1 atom stereocenters. The molecule has 4 aromatic rings. The fraction of sp³-hybridized carbons (Fsp3) is 0.136. The van der Waals surface area contributed by atoms with Crippen LogP contribution in [0.3, 0.4) is 0 Å². The first-order valence-corrected chi connectivity index (χ1v) is 10.0. The van der Waals surface area contributed by atoms with Gasteiger partial charge in [-0.15, -0.1) is 0 Å². The van der Waals surface area contributed by atoms with Gasteiger partial charge in [0, 0.05) is 11.8 Å². The van der Waals surface area contributed by atoms with Gasteiger partial charge < -0.3 is 5.32 Å². The fourth-order valence-electron chi connectivity index (χ4n) is 3.28. The third-order valence-electron chi connectivity index (χ3n) is 4.79. The van der Waals surface area contributed by atoms with Crippen molar-refractivity contribution >= 4 is 27.4 Å². The number of nitrogens with one attached hydrogen (secondary N) is 1. The van der Waals surface area contributed by atoms with Crippen LogP contribution in [0.4, 0.5) is 4.39 Å². The van der Waals surface area contributed by atoms with Gasteiger partial charge in [-0.2, -0.15) is 0 Å². The Hall–Kier alpha value is -3.06. The van der Waals surface area contributed by atoms with E-state index in [4.69, 9.17) is 0 Å². The summed E-state index contributed by atoms with van der Waals surface area (Å²) >= 11 is 3.33. The number of rotatable bonds is 5. The van der Waals surface area contributed by atoms with E-state index in [2.05, 4.69) is 31.2 Å². The van der Waals surface area contributed by atoms with E-state index in [1.54, 1.807) is 35.1 Å². The summed E-state index contributed by atoms with van der Waals surface area (Å²) in [5, 5.41) is 3.07. The van der Waals surface area contributed by atoms with Gasteiger partial charge >= 0.3 is 0 Å². The molecule has 3 heterocycles. The third kappa shape index (κ3) is 3.91. The van der Waals surface area contributed by atoms with Gasteiger partial charge in [0.2, 0.25) is 0 Å². The highest BCUT2D eigenvalue weighted by Gasteiger charge is 2.18. The van der Waals surface area contributed by atoms with E-state index < -0.39 is 0 Å². The first-order chi connectivity index (χ1) is 14.1. The van der Waals surface area contributed by atoms with Gasteiger partial charge in [-0.3, -0.25) is 9.20 Å². The summed E-state index contributed by atoms with van der Waals surface area (Å²) in [5.74, 6) is -0.501. The van der Waals surface area contributed by atoms with Crippen molar-refractivity contribution in [1.29, 1.82) is 0 Å². The number of amides is 1. The number of nitrogens with zero attached hydrogens (tertiary/aromatic N) is 3. The lowest BCUT2D eigenvalue weighted by Crippen LogP contribution is -2.29. The van der Waals surface area contributed by atoms with Crippen LogP contribution in [0.1, 0.15) is 35.4 Å². The van der Waals surface area contributed by atoms with Crippen molar-refractivity contribution in [2.24, 2.45) is 0 Å². The van der Waals surface area contributed by atoms with Crippen molar-refractivity contribution in [2.75, 3.05) is 0 Å². The largest absolute Gasteiger partial charge is 0.344 e. The lowest BCUT2D eigenvalue weighted by Gasteiger charge is -2.17. The number of halogens is 2. The third-order valence-corrected chi connectivity index (χ3v) is 5.26. The molecule has 0 radical (unpaired) electrons. The minimum atomic E-state index is -0.301. The van der Waals surface area contributed by atoms with E-state index in [0.29, 0.717) is 11.4 Å². The second-order valence-electron chi connectivity index (χ2n) is 6.61. The summed E-state index contributed by atoms with van der Waals surface area (Å²) in [6.45, 7) is 2.01. The molecule has 0 spiro atoms. The average molecular weight is 453 g/mol. The summed E-state index contributed by atoms with van der Waals surface area (Å²) < 4.78 is 15.7. The van der Waals surface area contributed by atoms with Crippen LogP contribution in [0.25, 0.3) is 16.8 Å². The molecule has 3 aromatic heterocycles. The Kier molecular flexibility index (Phi) is 5.40. The van der Waals surface area contributed by atoms with Crippen molar-refractivity contribution in [3.8, 4) is 11.3 Å². The van der Waals surface area contributed by atoms with E-state index in [0.717, 1.165) is 27.7 Å². The number of imidazole rings is 1. The molecule has 1 unspecified atom stereocenters. The molecule has 5 nitrogen and oxygen atoms in total. The summed E-state index contributed by atoms with van der Waals surface area (Å²) in [4.78, 5) is 21.7. The highest BCUT2D eigenvalue weighted by atomic mass is 79.9. The minimum Gasteiger partial charge on any atom is -0.344 e. The second-order valence-corrected chi connectivity index (χ2v) is 7.43. The van der Waals surface area contributed by atoms with Gasteiger partial charge in [0.15, 0.2) is 0 Å². The smallest absolute Gasteiger partial charge is 0.268 e. The van der Waals surface area contributed by atoms with Gasteiger partial charge in [-0.05, 0) is 70.4 Å². The predicted molar refractivity (Wildman–Crippen MR) is 113 cm³/mol. The molecule has 0 aliphatic rings. The highest BCUT2D eigenvalue weighted by molar-refractivity contribution is 9.10. The van der Waals surface area contributed by atoms with Crippen LogP contribution in [0.2, 0.25) is 0 Å². The molecule has 1 amide bonds. The molecule has 0 saturated heterocycles. The average Bonchev–Trinajstić information content (AvgIpc) is 3.17. The van der Waals surface area contributed by atoms with E-state index in [-0.39, 0.29) is 17.8 Å². The van der Waals surface area contributed by atoms with Crippen molar-refractivity contribution in [1.82, 2.24) is 19.7 Å². The van der Waals surface area contributed by atoms with Gasteiger partial charge in [-0.25, -0.2) is 14.4 Å². The summed E-state index contributed by atoms with van der Waals surface area (Å²) in [5.41, 5.74) is 3.69. The van der Waals surface area contributed by atoms with Gasteiger partial charge in [0.1, 0.15) is 22.4 Å². The van der Waals surface area contributed by atoms with Crippen molar-refractivity contribution in [2.45, 2.75) is 19.4 Å². The molecule has 29 heavy (non-hydrogen) atoms. The highest BCUT2D eigenvalue weighted by Crippen LogP contribution is 2.25. The van der Waals surface area contributed by atoms with Crippen LogP contribution in [0, 0.1) is 5.82 Å². The van der Waals surface area contributed by atoms with Crippen LogP contribution in [0.15, 0.2) is 71.7 Å². The van der Waals surface area contributed by atoms with E-state index in [1.807, 2.05) is 31.2 Å². The predicted octanol–water partition coefficient (Wildman–Crippen LogP) is 5.18. The van der Waals surface area contributed by atoms with Gasteiger partial charge in [0.25, 0.3) is 5.91 Å². The molecule has 4 rings (SSSR count). The van der Waals surface area contributed by atoms with Crippen molar-refractivity contribution < 1.29 is 9.18 Å². The van der Waals surface area contributed by atoms with E-state index in [1.165, 1.54) is 12.1 Å². The number of aromatic nitrogens is 3. The SMILES string of the molecule is CCC(NC(=O)c1cccc2c(-c3ccc(F)cc3)ncn12)c1ccc(Br)nc1. The number of pyridine rings is 2. The van der Waals surface area contributed by atoms with Crippen LogP contribution in [-0.4, -0.2) is 20.3 Å². The number of benzene rings is 1. The maximum Gasteiger partial charge on any atom is 0.268 e. The Balaban J connectivity index is 1.66. The number of carbonyl (C=O) groups is 1. The molecule has 1 N–H and O–H groups in total. The number of hydrogen-bond acceptors (Lipinski definition) is 3. The monoisotopic (exact) mass is 452 g/mol. The Labute approximate surface area is 175 Å². The molecular weight excluding hydrogens is 435 g/mol. The first-order valence-electron chi connectivity index (χ1n) is 9.21. The lowest BCUT2D eigenvalue weighted by molar-refractivity contribution is 0.0929. The second kappa shape index (κ2) is 8.13. The topological polar surface area (TPSA) is 59.3 Å². The fourth-order valence-corrected chi connectivity index (χ4v) is 3.52. The number of hydrogen-bond donors (Lipinski definition) is 1. The molecule has 1 aromatic carbocycles. The zero-order valence-electron chi connectivity index (χ0n) is 15.6. The quantitative estimate of drug-likeness (QED) is 0.424. The Morgan fingerprint density at radius 3 is 2.62 bits per heavy atom. The maximum absolute atomic E-state index is 13.2. The first kappa shape index (κ1) is 19.3. The molecule has 7 heteroatoms. The molecule has 0 fully saturated rings. The molecular formula is C22H18BrFN4O. The number of fused-ring (bicyclic) bond motifs is 1. The van der Waals surface area contributed by atoms with Crippen LogP contribution in [-0.2, 0) is 0 Å². The Morgan fingerprint density at radius 1 is 1.14 bits per heavy atom. The number of carbonyl (C=O) groups excluding carboxylic acids is 1. The molecule has 0 saturated carbocycles. The summed E-state index contributed by atoms with van der Waals surface area (Å²) in [6.07, 6.45) is 4.10. The molecule has 0 bridgehead atoms. The zero-order chi connectivity index (χ0) is 20.4. The van der Waals surface area contributed by atoms with Crippen LogP contribution in [0.5, 0.6) is 0 Å². The van der Waals surface area contributed by atoms with Crippen LogP contribution >= 0.6 is 15.9 Å². The van der Waals surface area contributed by atoms with Gasteiger partial charge in [0.05, 0.1) is 17.3 Å². The zero-order valence-corrected chi connectivity index (χ0v) is 17.2. The van der Waals surface area contributed by atoms with Crippen molar-refractivity contribution in [3.05, 3.63) is 88.8 Å².